The largest absolute Gasteiger partial charge is 0.328 e. The van der Waals surface area contributed by atoms with Gasteiger partial charge in [-0.3, -0.25) is 4.98 Å². The molecule has 3 nitrogen and oxygen atoms in total. The number of nitrogens with zero attached hydrogens (tertiary/aromatic N) is 3. The van der Waals surface area contributed by atoms with Crippen LogP contribution in [-0.4, -0.2) is 17.0 Å². The third-order valence-corrected chi connectivity index (χ3v) is 2.59. The van der Waals surface area contributed by atoms with Gasteiger partial charge in [-0.2, -0.15) is 0 Å². The van der Waals surface area contributed by atoms with Crippen LogP contribution in [0, 0.1) is 6.92 Å². The second kappa shape index (κ2) is 4.49. The maximum absolute atomic E-state index is 5.82. The van der Waals surface area contributed by atoms with Crippen molar-refractivity contribution in [2.24, 2.45) is 0 Å². The van der Waals surface area contributed by atoms with Crippen molar-refractivity contribution in [2.45, 2.75) is 6.92 Å². The van der Waals surface area contributed by atoms with Crippen molar-refractivity contribution in [3.63, 3.8) is 0 Å². The van der Waals surface area contributed by atoms with Crippen LogP contribution in [0.1, 0.15) is 5.56 Å². The summed E-state index contributed by atoms with van der Waals surface area (Å²) in [6, 6.07) is 8.11. The number of aromatic nitrogens is 2. The lowest BCUT2D eigenvalue weighted by atomic mass is 10.2. The maximum Gasteiger partial charge on any atom is 0.153 e. The molecule has 1 heterocycles. The van der Waals surface area contributed by atoms with Crippen molar-refractivity contribution in [1.82, 2.24) is 9.97 Å². The van der Waals surface area contributed by atoms with Crippen molar-refractivity contribution >= 4 is 23.1 Å². The zero-order valence-corrected chi connectivity index (χ0v) is 9.94. The molecule has 0 N–H and O–H groups in total. The summed E-state index contributed by atoms with van der Waals surface area (Å²) < 4.78 is 0. The molecule has 0 saturated heterocycles. The highest BCUT2D eigenvalue weighted by Gasteiger charge is 2.07. The Balaban J connectivity index is 2.39. The average molecular weight is 234 g/mol. The molecular formula is C12H12ClN3. The summed E-state index contributed by atoms with van der Waals surface area (Å²) in [6.45, 7) is 2.06. The van der Waals surface area contributed by atoms with E-state index < -0.39 is 0 Å². The topological polar surface area (TPSA) is 29.0 Å². The second-order valence-corrected chi connectivity index (χ2v) is 3.93. The summed E-state index contributed by atoms with van der Waals surface area (Å²) in [7, 11) is 1.95. The van der Waals surface area contributed by atoms with Crippen LogP contribution in [-0.2, 0) is 0 Å². The van der Waals surface area contributed by atoms with Gasteiger partial charge < -0.3 is 4.90 Å². The Morgan fingerprint density at radius 2 is 1.94 bits per heavy atom. The van der Waals surface area contributed by atoms with Crippen molar-refractivity contribution in [2.75, 3.05) is 11.9 Å². The first-order valence-corrected chi connectivity index (χ1v) is 5.33. The molecule has 0 aliphatic carbocycles. The summed E-state index contributed by atoms with van der Waals surface area (Å²) in [5.41, 5.74) is 2.28. The van der Waals surface area contributed by atoms with E-state index in [-0.39, 0.29) is 0 Å². The molecule has 0 saturated carbocycles. The molecule has 0 bridgehead atoms. The maximum atomic E-state index is 5.82. The lowest BCUT2D eigenvalue weighted by Gasteiger charge is -2.19. The number of hydrogen-bond acceptors (Lipinski definition) is 3. The highest BCUT2D eigenvalue weighted by Crippen LogP contribution is 2.24. The first kappa shape index (κ1) is 10.9. The molecule has 2 rings (SSSR count). The normalized spacial score (nSPS) is 10.2. The van der Waals surface area contributed by atoms with Gasteiger partial charge in [0, 0.05) is 12.7 Å². The van der Waals surface area contributed by atoms with E-state index >= 15 is 0 Å². The molecule has 4 heteroatoms. The van der Waals surface area contributed by atoms with E-state index in [4.69, 9.17) is 11.6 Å². The van der Waals surface area contributed by atoms with Crippen LogP contribution in [0.3, 0.4) is 0 Å². The Bertz CT molecular complexity index is 499. The zero-order chi connectivity index (χ0) is 11.5. The Kier molecular flexibility index (Phi) is 3.06. The summed E-state index contributed by atoms with van der Waals surface area (Å²) >= 11 is 5.82. The number of para-hydroxylation sites is 1. The number of halogens is 1. The van der Waals surface area contributed by atoms with Crippen LogP contribution < -0.4 is 4.90 Å². The summed E-state index contributed by atoms with van der Waals surface area (Å²) in [5.74, 6) is 0.738. The van der Waals surface area contributed by atoms with Gasteiger partial charge in [-0.15, -0.1) is 0 Å². The molecule has 0 spiro atoms. The van der Waals surface area contributed by atoms with E-state index in [1.54, 1.807) is 6.20 Å². The van der Waals surface area contributed by atoms with Gasteiger partial charge in [-0.25, -0.2) is 4.98 Å². The number of anilines is 2. The van der Waals surface area contributed by atoms with Crippen molar-refractivity contribution < 1.29 is 0 Å². The van der Waals surface area contributed by atoms with Crippen molar-refractivity contribution in [3.05, 3.63) is 47.4 Å². The molecule has 0 fully saturated rings. The van der Waals surface area contributed by atoms with Crippen LogP contribution in [0.15, 0.2) is 36.7 Å². The first-order chi connectivity index (χ1) is 7.68. The molecule has 1 aromatic carbocycles. The van der Waals surface area contributed by atoms with E-state index in [9.17, 15) is 0 Å². The SMILES string of the molecule is Cc1ccccc1N(C)c1cncc(Cl)n1. The van der Waals surface area contributed by atoms with Crippen molar-refractivity contribution in [1.29, 1.82) is 0 Å². The van der Waals surface area contributed by atoms with Crippen LogP contribution in [0.2, 0.25) is 5.15 Å². The third kappa shape index (κ3) is 2.14. The van der Waals surface area contributed by atoms with Gasteiger partial charge in [-0.05, 0) is 18.6 Å². The molecule has 0 amide bonds. The summed E-state index contributed by atoms with van der Waals surface area (Å²) in [4.78, 5) is 10.2. The van der Waals surface area contributed by atoms with Gasteiger partial charge in [-0.1, -0.05) is 29.8 Å². The van der Waals surface area contributed by atoms with E-state index in [1.165, 1.54) is 11.8 Å². The standard InChI is InChI=1S/C12H12ClN3/c1-9-5-3-4-6-10(9)16(2)12-8-14-7-11(13)15-12/h3-8H,1-2H3. The predicted octanol–water partition coefficient (Wildman–Crippen LogP) is 3.21. The Labute approximate surface area is 99.7 Å². The summed E-state index contributed by atoms with van der Waals surface area (Å²) in [6.07, 6.45) is 3.22. The van der Waals surface area contributed by atoms with Gasteiger partial charge in [0.1, 0.15) is 5.15 Å². The van der Waals surface area contributed by atoms with Crippen molar-refractivity contribution in [3.8, 4) is 0 Å². The third-order valence-electron chi connectivity index (χ3n) is 2.41. The smallest absolute Gasteiger partial charge is 0.153 e. The van der Waals surface area contributed by atoms with Gasteiger partial charge in [0.2, 0.25) is 0 Å². The van der Waals surface area contributed by atoms with Crippen LogP contribution in [0.4, 0.5) is 11.5 Å². The molecule has 16 heavy (non-hydrogen) atoms. The molecule has 0 atom stereocenters. The number of aryl methyl sites for hydroxylation is 1. The Hall–Kier alpha value is -1.61. The number of benzene rings is 1. The minimum atomic E-state index is 0.401. The first-order valence-electron chi connectivity index (χ1n) is 4.95. The molecule has 1 aromatic heterocycles. The van der Waals surface area contributed by atoms with E-state index in [0.29, 0.717) is 5.15 Å². The molecule has 0 aliphatic heterocycles. The predicted molar refractivity (Wildman–Crippen MR) is 66.3 cm³/mol. The van der Waals surface area contributed by atoms with Gasteiger partial charge >= 0.3 is 0 Å². The quantitative estimate of drug-likeness (QED) is 0.798. The fourth-order valence-electron chi connectivity index (χ4n) is 1.56. The molecule has 0 unspecified atom stereocenters. The lowest BCUT2D eigenvalue weighted by Crippen LogP contribution is -2.12. The fourth-order valence-corrected chi connectivity index (χ4v) is 1.70. The lowest BCUT2D eigenvalue weighted by molar-refractivity contribution is 1.08. The van der Waals surface area contributed by atoms with E-state index in [0.717, 1.165) is 11.5 Å². The minimum absolute atomic E-state index is 0.401. The van der Waals surface area contributed by atoms with E-state index in [1.807, 2.05) is 30.1 Å². The zero-order valence-electron chi connectivity index (χ0n) is 9.18. The van der Waals surface area contributed by atoms with Crippen LogP contribution >= 0.6 is 11.6 Å². The molecule has 0 radical (unpaired) electrons. The highest BCUT2D eigenvalue weighted by molar-refractivity contribution is 6.29. The monoisotopic (exact) mass is 233 g/mol. The molecule has 2 aromatic rings. The van der Waals surface area contributed by atoms with Gasteiger partial charge in [0.05, 0.1) is 12.4 Å². The highest BCUT2D eigenvalue weighted by atomic mass is 35.5. The van der Waals surface area contributed by atoms with Crippen LogP contribution in [0.5, 0.6) is 0 Å². The fraction of sp³-hybridized carbons (Fsp3) is 0.167. The Morgan fingerprint density at radius 1 is 1.19 bits per heavy atom. The van der Waals surface area contributed by atoms with Crippen LogP contribution in [0.25, 0.3) is 0 Å². The summed E-state index contributed by atoms with van der Waals surface area (Å²) in [5, 5.41) is 0.401. The second-order valence-electron chi connectivity index (χ2n) is 3.55. The molecule has 0 aliphatic rings. The number of rotatable bonds is 2. The average Bonchev–Trinajstić information content (AvgIpc) is 2.29. The van der Waals surface area contributed by atoms with E-state index in [2.05, 4.69) is 23.0 Å². The van der Waals surface area contributed by atoms with Gasteiger partial charge in [0.15, 0.2) is 5.82 Å². The van der Waals surface area contributed by atoms with Gasteiger partial charge in [0.25, 0.3) is 0 Å². The molecular weight excluding hydrogens is 222 g/mol. The minimum Gasteiger partial charge on any atom is -0.328 e. The number of hydrogen-bond donors (Lipinski definition) is 0. The Morgan fingerprint density at radius 3 is 2.62 bits per heavy atom. The molecule has 82 valence electrons.